The number of benzene rings is 1. The summed E-state index contributed by atoms with van der Waals surface area (Å²) in [7, 11) is 1.93. The van der Waals surface area contributed by atoms with Gasteiger partial charge in [-0.3, -0.25) is 4.68 Å². The minimum atomic E-state index is 0.277. The Hall–Kier alpha value is -1.33. The van der Waals surface area contributed by atoms with Gasteiger partial charge in [-0.05, 0) is 40.2 Å². The molecular formula is C12H9BrN2OS. The van der Waals surface area contributed by atoms with Crippen molar-refractivity contribution in [3.05, 3.63) is 34.1 Å². The lowest BCUT2D eigenvalue weighted by atomic mass is 10.1. The Kier molecular flexibility index (Phi) is 2.45. The van der Waals surface area contributed by atoms with E-state index in [0.29, 0.717) is 0 Å². The third-order valence-electron chi connectivity index (χ3n) is 2.65. The summed E-state index contributed by atoms with van der Waals surface area (Å²) in [5.74, 6) is 0.277. The molecule has 2 aromatic heterocycles. The molecular weight excluding hydrogens is 300 g/mol. The Morgan fingerprint density at radius 2 is 2.00 bits per heavy atom. The molecule has 0 saturated carbocycles. The van der Waals surface area contributed by atoms with Crippen LogP contribution in [0.15, 0.2) is 34.1 Å². The summed E-state index contributed by atoms with van der Waals surface area (Å²) in [4.78, 5) is 0. The van der Waals surface area contributed by atoms with E-state index in [1.165, 1.54) is 0 Å². The Morgan fingerprint density at radius 3 is 2.71 bits per heavy atom. The standard InChI is InChI=1S/C12H9BrN2OS/c1-15-11(7-2-4-8(16)5-3-7)12-10(14-15)9(13)6-17-12/h2-6,16H,1H3. The monoisotopic (exact) mass is 308 g/mol. The van der Waals surface area contributed by atoms with Crippen LogP contribution in [0.1, 0.15) is 0 Å². The number of fused-ring (bicyclic) bond motifs is 1. The zero-order valence-corrected chi connectivity index (χ0v) is 11.4. The summed E-state index contributed by atoms with van der Waals surface area (Å²) in [5.41, 5.74) is 3.12. The van der Waals surface area contributed by atoms with E-state index < -0.39 is 0 Å². The maximum atomic E-state index is 9.31. The number of halogens is 1. The zero-order chi connectivity index (χ0) is 12.0. The maximum Gasteiger partial charge on any atom is 0.118 e. The molecule has 17 heavy (non-hydrogen) atoms. The highest BCUT2D eigenvalue weighted by molar-refractivity contribution is 9.10. The van der Waals surface area contributed by atoms with Crippen LogP contribution in [0.25, 0.3) is 21.5 Å². The molecule has 0 unspecified atom stereocenters. The van der Waals surface area contributed by atoms with Crippen LogP contribution in [-0.2, 0) is 7.05 Å². The van der Waals surface area contributed by atoms with Crippen molar-refractivity contribution in [3.8, 4) is 17.0 Å². The van der Waals surface area contributed by atoms with Crippen molar-refractivity contribution in [1.82, 2.24) is 9.78 Å². The Bertz CT molecular complexity index is 684. The van der Waals surface area contributed by atoms with E-state index in [2.05, 4.69) is 21.0 Å². The minimum Gasteiger partial charge on any atom is -0.508 e. The number of aromatic hydroxyl groups is 1. The predicted octanol–water partition coefficient (Wildman–Crippen LogP) is 3.77. The van der Waals surface area contributed by atoms with Crippen molar-refractivity contribution >= 4 is 37.5 Å². The van der Waals surface area contributed by atoms with Crippen LogP contribution in [0.2, 0.25) is 0 Å². The molecule has 1 aromatic carbocycles. The smallest absolute Gasteiger partial charge is 0.118 e. The molecule has 0 bridgehead atoms. The molecule has 86 valence electrons. The lowest BCUT2D eigenvalue weighted by molar-refractivity contribution is 0.475. The lowest BCUT2D eigenvalue weighted by Gasteiger charge is -2.02. The number of phenolic OH excluding ortho intramolecular Hbond substituents is 1. The molecule has 3 rings (SSSR count). The average Bonchev–Trinajstić information content (AvgIpc) is 2.81. The fraction of sp³-hybridized carbons (Fsp3) is 0.0833. The Labute approximate surface area is 110 Å². The topological polar surface area (TPSA) is 38.0 Å². The van der Waals surface area contributed by atoms with Crippen molar-refractivity contribution in [2.24, 2.45) is 7.05 Å². The molecule has 2 heterocycles. The van der Waals surface area contributed by atoms with Crippen LogP contribution in [0.3, 0.4) is 0 Å². The van der Waals surface area contributed by atoms with Gasteiger partial charge in [-0.25, -0.2) is 0 Å². The molecule has 1 N–H and O–H groups in total. The average molecular weight is 309 g/mol. The summed E-state index contributed by atoms with van der Waals surface area (Å²) >= 11 is 5.16. The Morgan fingerprint density at radius 1 is 1.29 bits per heavy atom. The first kappa shape index (κ1) is 10.8. The first-order valence-electron chi connectivity index (χ1n) is 5.06. The lowest BCUT2D eigenvalue weighted by Crippen LogP contribution is -1.93. The van der Waals surface area contributed by atoms with Crippen molar-refractivity contribution in [2.45, 2.75) is 0 Å². The van der Waals surface area contributed by atoms with Crippen LogP contribution >= 0.6 is 27.3 Å². The fourth-order valence-corrected chi connectivity index (χ4v) is 3.52. The summed E-state index contributed by atoms with van der Waals surface area (Å²) in [5, 5.41) is 15.8. The first-order chi connectivity index (χ1) is 8.16. The molecule has 0 aliphatic carbocycles. The molecule has 0 fully saturated rings. The molecule has 0 saturated heterocycles. The van der Waals surface area contributed by atoms with Crippen LogP contribution in [0, 0.1) is 0 Å². The maximum absolute atomic E-state index is 9.31. The molecule has 5 heteroatoms. The van der Waals surface area contributed by atoms with E-state index >= 15 is 0 Å². The zero-order valence-electron chi connectivity index (χ0n) is 9.01. The summed E-state index contributed by atoms with van der Waals surface area (Å²) in [6.07, 6.45) is 0. The van der Waals surface area contributed by atoms with E-state index in [0.717, 1.165) is 25.9 Å². The van der Waals surface area contributed by atoms with Crippen molar-refractivity contribution in [1.29, 1.82) is 0 Å². The highest BCUT2D eigenvalue weighted by atomic mass is 79.9. The fourth-order valence-electron chi connectivity index (χ4n) is 1.88. The minimum absolute atomic E-state index is 0.277. The number of hydrogen-bond donors (Lipinski definition) is 1. The van der Waals surface area contributed by atoms with Gasteiger partial charge in [-0.2, -0.15) is 5.10 Å². The third kappa shape index (κ3) is 1.66. The van der Waals surface area contributed by atoms with E-state index in [1.54, 1.807) is 23.5 Å². The van der Waals surface area contributed by atoms with Gasteiger partial charge in [0.2, 0.25) is 0 Å². The molecule has 0 aliphatic rings. The van der Waals surface area contributed by atoms with E-state index in [1.807, 2.05) is 29.2 Å². The predicted molar refractivity (Wildman–Crippen MR) is 73.4 cm³/mol. The molecule has 3 aromatic rings. The van der Waals surface area contributed by atoms with Gasteiger partial charge in [0.1, 0.15) is 11.3 Å². The molecule has 0 aliphatic heterocycles. The van der Waals surface area contributed by atoms with Crippen LogP contribution in [0.4, 0.5) is 0 Å². The highest BCUT2D eigenvalue weighted by Crippen LogP contribution is 2.37. The third-order valence-corrected chi connectivity index (χ3v) is 4.53. The number of hydrogen-bond acceptors (Lipinski definition) is 3. The normalized spacial score (nSPS) is 11.2. The van der Waals surface area contributed by atoms with Gasteiger partial charge < -0.3 is 5.11 Å². The number of aromatic nitrogens is 2. The van der Waals surface area contributed by atoms with Gasteiger partial charge in [0, 0.05) is 18.0 Å². The molecule has 0 amide bonds. The van der Waals surface area contributed by atoms with E-state index in [4.69, 9.17) is 0 Å². The molecule has 0 radical (unpaired) electrons. The summed E-state index contributed by atoms with van der Waals surface area (Å²) in [6.45, 7) is 0. The van der Waals surface area contributed by atoms with Crippen molar-refractivity contribution < 1.29 is 5.11 Å². The number of thiophene rings is 1. The second-order valence-electron chi connectivity index (χ2n) is 3.78. The number of nitrogens with zero attached hydrogens (tertiary/aromatic N) is 2. The SMILES string of the molecule is Cn1nc2c(Br)csc2c1-c1ccc(O)cc1. The second-order valence-corrected chi connectivity index (χ2v) is 5.51. The van der Waals surface area contributed by atoms with Crippen LogP contribution in [-0.4, -0.2) is 14.9 Å². The number of aryl methyl sites for hydroxylation is 1. The molecule has 3 nitrogen and oxygen atoms in total. The quantitative estimate of drug-likeness (QED) is 0.743. The molecule has 0 spiro atoms. The molecule has 0 atom stereocenters. The van der Waals surface area contributed by atoms with Crippen molar-refractivity contribution in [2.75, 3.05) is 0 Å². The summed E-state index contributed by atoms with van der Waals surface area (Å²) in [6, 6.07) is 7.19. The van der Waals surface area contributed by atoms with E-state index in [-0.39, 0.29) is 5.75 Å². The Balaban J connectivity index is 2.29. The summed E-state index contributed by atoms with van der Waals surface area (Å²) < 4.78 is 4.06. The van der Waals surface area contributed by atoms with Gasteiger partial charge in [0.05, 0.1) is 14.9 Å². The van der Waals surface area contributed by atoms with Crippen LogP contribution in [0.5, 0.6) is 5.75 Å². The number of phenols is 1. The number of rotatable bonds is 1. The first-order valence-corrected chi connectivity index (χ1v) is 6.73. The van der Waals surface area contributed by atoms with Gasteiger partial charge in [0.25, 0.3) is 0 Å². The van der Waals surface area contributed by atoms with Gasteiger partial charge >= 0.3 is 0 Å². The largest absolute Gasteiger partial charge is 0.508 e. The highest BCUT2D eigenvalue weighted by Gasteiger charge is 2.14. The van der Waals surface area contributed by atoms with Gasteiger partial charge in [-0.15, -0.1) is 11.3 Å². The second kappa shape index (κ2) is 3.85. The van der Waals surface area contributed by atoms with Crippen molar-refractivity contribution in [3.63, 3.8) is 0 Å². The van der Waals surface area contributed by atoms with Gasteiger partial charge in [-0.1, -0.05) is 0 Å². The van der Waals surface area contributed by atoms with E-state index in [9.17, 15) is 5.11 Å². The van der Waals surface area contributed by atoms with Crippen LogP contribution < -0.4 is 0 Å². The van der Waals surface area contributed by atoms with Gasteiger partial charge in [0.15, 0.2) is 0 Å².